The molecule has 5 rings (SSSR count). The summed E-state index contributed by atoms with van der Waals surface area (Å²) in [6.07, 6.45) is 7.58. The van der Waals surface area contributed by atoms with Crippen molar-refractivity contribution in [1.82, 2.24) is 0 Å². The highest BCUT2D eigenvalue weighted by atomic mass is 16.5. The number of carbonyl (C=O) groups excluding carboxylic acids is 1. The summed E-state index contributed by atoms with van der Waals surface area (Å²) in [6.45, 7) is 3.90. The molecule has 0 bridgehead atoms. The van der Waals surface area contributed by atoms with E-state index in [4.69, 9.17) is 14.2 Å². The third-order valence-corrected chi connectivity index (χ3v) is 8.51. The second-order valence-electron chi connectivity index (χ2n) is 10.2. The van der Waals surface area contributed by atoms with Gasteiger partial charge >= 0.3 is 5.97 Å². The maximum absolute atomic E-state index is 12.1. The summed E-state index contributed by atoms with van der Waals surface area (Å²) in [5.74, 6) is 3.32. The lowest BCUT2D eigenvalue weighted by Gasteiger charge is -2.50. The molecule has 2 saturated carbocycles. The molecule has 174 valence electrons. The molecule has 0 heterocycles. The highest BCUT2D eigenvalue weighted by Gasteiger charge is 2.58. The SMILES string of the molecule is COc1ccc(/C=C2\CC3C4CCc5cc(OC)ccc5C4CCC3(C)C2OC(C)=O)cc1. The number of methoxy groups -OCH3 is 2. The predicted molar refractivity (Wildman–Crippen MR) is 130 cm³/mol. The molecule has 0 radical (unpaired) electrons. The van der Waals surface area contributed by atoms with Crippen LogP contribution in [0.25, 0.3) is 6.08 Å². The summed E-state index contributed by atoms with van der Waals surface area (Å²) in [5, 5.41) is 0. The highest BCUT2D eigenvalue weighted by molar-refractivity contribution is 5.67. The molecule has 2 aromatic carbocycles. The number of benzene rings is 2. The van der Waals surface area contributed by atoms with Crippen LogP contribution in [-0.2, 0) is 16.0 Å². The first kappa shape index (κ1) is 22.1. The standard InChI is InChI=1S/C29H34O4/c1-18(30)33-28-21(15-19-5-8-22(31-3)9-6-19)17-27-26-11-7-20-16-23(32-4)10-12-24(20)25(26)13-14-29(27,28)2/h5-6,8-10,12,15-16,25-28H,7,11,13-14,17H2,1-4H3/b21-15+. The Balaban J connectivity index is 1.49. The molecular formula is C29H34O4. The zero-order valence-corrected chi connectivity index (χ0v) is 20.1. The summed E-state index contributed by atoms with van der Waals surface area (Å²) >= 11 is 0. The van der Waals surface area contributed by atoms with Crippen molar-refractivity contribution in [3.05, 3.63) is 64.7 Å². The zero-order chi connectivity index (χ0) is 23.2. The first-order valence-corrected chi connectivity index (χ1v) is 12.1. The van der Waals surface area contributed by atoms with E-state index < -0.39 is 0 Å². The highest BCUT2D eigenvalue weighted by Crippen LogP contribution is 2.63. The summed E-state index contributed by atoms with van der Waals surface area (Å²) in [6, 6.07) is 14.8. The van der Waals surface area contributed by atoms with Crippen LogP contribution in [-0.4, -0.2) is 26.3 Å². The molecule has 0 aliphatic heterocycles. The monoisotopic (exact) mass is 446 g/mol. The van der Waals surface area contributed by atoms with Gasteiger partial charge in [0.2, 0.25) is 0 Å². The van der Waals surface area contributed by atoms with E-state index in [1.807, 2.05) is 12.1 Å². The molecule has 5 unspecified atom stereocenters. The van der Waals surface area contributed by atoms with Gasteiger partial charge in [0, 0.05) is 12.3 Å². The summed E-state index contributed by atoms with van der Waals surface area (Å²) in [7, 11) is 3.42. The van der Waals surface area contributed by atoms with Crippen molar-refractivity contribution in [2.75, 3.05) is 14.2 Å². The van der Waals surface area contributed by atoms with Crippen molar-refractivity contribution in [3.8, 4) is 11.5 Å². The van der Waals surface area contributed by atoms with Crippen LogP contribution in [0.1, 0.15) is 62.1 Å². The quantitative estimate of drug-likeness (QED) is 0.526. The van der Waals surface area contributed by atoms with Crippen LogP contribution >= 0.6 is 0 Å². The van der Waals surface area contributed by atoms with E-state index in [1.54, 1.807) is 14.2 Å². The Kier molecular flexibility index (Phi) is 5.72. The van der Waals surface area contributed by atoms with Gasteiger partial charge in [-0.05, 0) is 96.4 Å². The largest absolute Gasteiger partial charge is 0.497 e. The van der Waals surface area contributed by atoms with Gasteiger partial charge in [0.25, 0.3) is 0 Å². The lowest BCUT2D eigenvalue weighted by Crippen LogP contribution is -2.45. The van der Waals surface area contributed by atoms with Crippen LogP contribution in [0.5, 0.6) is 11.5 Å². The first-order valence-electron chi connectivity index (χ1n) is 12.1. The molecule has 3 aliphatic carbocycles. The molecule has 4 heteroatoms. The van der Waals surface area contributed by atoms with Crippen molar-refractivity contribution >= 4 is 12.0 Å². The van der Waals surface area contributed by atoms with Crippen LogP contribution in [0.2, 0.25) is 0 Å². The third kappa shape index (κ3) is 3.84. The van der Waals surface area contributed by atoms with Gasteiger partial charge in [-0.1, -0.05) is 31.2 Å². The van der Waals surface area contributed by atoms with Crippen molar-refractivity contribution in [1.29, 1.82) is 0 Å². The van der Waals surface area contributed by atoms with Crippen LogP contribution < -0.4 is 9.47 Å². The second-order valence-corrected chi connectivity index (χ2v) is 10.2. The molecule has 0 amide bonds. The van der Waals surface area contributed by atoms with Gasteiger partial charge in [0.1, 0.15) is 17.6 Å². The Morgan fingerprint density at radius 3 is 2.45 bits per heavy atom. The number of rotatable bonds is 4. The van der Waals surface area contributed by atoms with E-state index >= 15 is 0 Å². The van der Waals surface area contributed by atoms with E-state index in [9.17, 15) is 4.79 Å². The van der Waals surface area contributed by atoms with E-state index in [0.717, 1.165) is 42.7 Å². The van der Waals surface area contributed by atoms with Gasteiger partial charge in [-0.3, -0.25) is 4.79 Å². The van der Waals surface area contributed by atoms with Gasteiger partial charge in [0.15, 0.2) is 0 Å². The molecule has 5 atom stereocenters. The van der Waals surface area contributed by atoms with Crippen LogP contribution in [0, 0.1) is 17.3 Å². The smallest absolute Gasteiger partial charge is 0.303 e. The average Bonchev–Trinajstić information content (AvgIpc) is 3.10. The molecule has 0 saturated heterocycles. The number of fused-ring (bicyclic) bond motifs is 5. The third-order valence-electron chi connectivity index (χ3n) is 8.51. The second kappa shape index (κ2) is 8.55. The van der Waals surface area contributed by atoms with E-state index in [0.29, 0.717) is 17.8 Å². The van der Waals surface area contributed by atoms with Crippen LogP contribution in [0.3, 0.4) is 0 Å². The van der Waals surface area contributed by atoms with Gasteiger partial charge in [0.05, 0.1) is 14.2 Å². The first-order chi connectivity index (χ1) is 15.9. The van der Waals surface area contributed by atoms with Gasteiger partial charge in [-0.15, -0.1) is 0 Å². The Labute approximate surface area is 196 Å². The molecule has 3 aliphatic rings. The predicted octanol–water partition coefficient (Wildman–Crippen LogP) is 6.19. The number of hydrogen-bond donors (Lipinski definition) is 0. The fourth-order valence-electron chi connectivity index (χ4n) is 6.95. The van der Waals surface area contributed by atoms with E-state index in [-0.39, 0.29) is 17.5 Å². The van der Waals surface area contributed by atoms with Crippen molar-refractivity contribution in [2.45, 2.75) is 58.0 Å². The number of carbonyl (C=O) groups is 1. The van der Waals surface area contributed by atoms with Crippen molar-refractivity contribution in [3.63, 3.8) is 0 Å². The fraction of sp³-hybridized carbons (Fsp3) is 0.483. The molecule has 0 aromatic heterocycles. The van der Waals surface area contributed by atoms with Gasteiger partial charge in [-0.25, -0.2) is 0 Å². The normalized spacial score (nSPS) is 31.3. The summed E-state index contributed by atoms with van der Waals surface area (Å²) < 4.78 is 16.8. The van der Waals surface area contributed by atoms with Crippen molar-refractivity contribution < 1.29 is 19.0 Å². The lowest BCUT2D eigenvalue weighted by molar-refractivity contribution is -0.152. The maximum Gasteiger partial charge on any atom is 0.303 e. The molecule has 2 aromatic rings. The number of aryl methyl sites for hydroxylation is 1. The molecule has 0 spiro atoms. The average molecular weight is 447 g/mol. The Morgan fingerprint density at radius 1 is 1.03 bits per heavy atom. The minimum atomic E-state index is -0.189. The van der Waals surface area contributed by atoms with E-state index in [1.165, 1.54) is 30.0 Å². The van der Waals surface area contributed by atoms with Crippen LogP contribution in [0.15, 0.2) is 48.0 Å². The lowest BCUT2D eigenvalue weighted by atomic mass is 9.55. The van der Waals surface area contributed by atoms with Gasteiger partial charge < -0.3 is 14.2 Å². The topological polar surface area (TPSA) is 44.8 Å². The number of esters is 1. The Bertz CT molecular complexity index is 1070. The Hall–Kier alpha value is -2.75. The van der Waals surface area contributed by atoms with E-state index in [2.05, 4.69) is 43.3 Å². The minimum absolute atomic E-state index is 0.0187. The van der Waals surface area contributed by atoms with Crippen LogP contribution in [0.4, 0.5) is 0 Å². The molecule has 2 fully saturated rings. The minimum Gasteiger partial charge on any atom is -0.497 e. The number of ether oxygens (including phenoxy) is 3. The molecular weight excluding hydrogens is 412 g/mol. The summed E-state index contributed by atoms with van der Waals surface area (Å²) in [5.41, 5.74) is 5.31. The molecule has 0 N–H and O–H groups in total. The van der Waals surface area contributed by atoms with Gasteiger partial charge in [-0.2, -0.15) is 0 Å². The molecule has 4 nitrogen and oxygen atoms in total. The molecule has 33 heavy (non-hydrogen) atoms. The maximum atomic E-state index is 12.1. The Morgan fingerprint density at radius 2 is 1.76 bits per heavy atom. The number of hydrogen-bond acceptors (Lipinski definition) is 4. The summed E-state index contributed by atoms with van der Waals surface area (Å²) in [4.78, 5) is 12.1. The zero-order valence-electron chi connectivity index (χ0n) is 20.1. The fourth-order valence-corrected chi connectivity index (χ4v) is 6.95. The van der Waals surface area contributed by atoms with Crippen molar-refractivity contribution in [2.24, 2.45) is 17.3 Å².